The Bertz CT molecular complexity index is 1550. The molecule has 4 aromatic rings. The molecule has 3 heterocycles. The molecule has 13 nitrogen and oxygen atoms in total. The van der Waals surface area contributed by atoms with Crippen LogP contribution in [0.25, 0.3) is 17.0 Å². The van der Waals surface area contributed by atoms with Gasteiger partial charge >= 0.3 is 7.82 Å². The summed E-state index contributed by atoms with van der Waals surface area (Å²) in [5.74, 6) is -3.25. The number of nitrogens with one attached hydrogen (secondary N) is 1. The zero-order chi connectivity index (χ0) is 27.1. The third-order valence-corrected chi connectivity index (χ3v) is 6.21. The summed E-state index contributed by atoms with van der Waals surface area (Å²) in [5.41, 5.74) is 0.536. The summed E-state index contributed by atoms with van der Waals surface area (Å²) in [7, 11) is -4.45. The molecule has 0 fully saturated rings. The van der Waals surface area contributed by atoms with Gasteiger partial charge < -0.3 is 19.4 Å². The molecule has 3 aromatic heterocycles. The van der Waals surface area contributed by atoms with E-state index in [2.05, 4.69) is 26.8 Å². The van der Waals surface area contributed by atoms with Gasteiger partial charge in [0, 0.05) is 5.56 Å². The fraction of sp³-hybridized carbons (Fsp3) is 0.174. The van der Waals surface area contributed by atoms with Gasteiger partial charge in [-0.25, -0.2) is 24.1 Å². The molecule has 0 saturated carbocycles. The number of phosphoric ester groups is 1. The topological polar surface area (TPSA) is 175 Å². The molecule has 0 aliphatic rings. The number of aliphatic hydroxyl groups is 1. The summed E-state index contributed by atoms with van der Waals surface area (Å²) in [6, 6.07) is 10.2. The third kappa shape index (κ3) is 5.61. The van der Waals surface area contributed by atoms with Crippen molar-refractivity contribution in [2.45, 2.75) is 13.0 Å². The monoisotopic (exact) mass is 542 g/mol. The maximum Gasteiger partial charge on any atom is 0.530 e. The van der Waals surface area contributed by atoms with E-state index in [1.165, 1.54) is 6.08 Å². The van der Waals surface area contributed by atoms with E-state index in [1.807, 2.05) is 0 Å². The van der Waals surface area contributed by atoms with Crippen LogP contribution in [0.5, 0.6) is 5.75 Å². The van der Waals surface area contributed by atoms with Crippen molar-refractivity contribution in [3.8, 4) is 17.7 Å². The lowest BCUT2D eigenvalue weighted by Gasteiger charge is -2.17. The molecule has 0 saturated heterocycles. The average Bonchev–Trinajstić information content (AvgIpc) is 3.49. The van der Waals surface area contributed by atoms with Crippen LogP contribution in [0.1, 0.15) is 22.5 Å². The van der Waals surface area contributed by atoms with Gasteiger partial charge in [0.1, 0.15) is 19.3 Å². The van der Waals surface area contributed by atoms with Crippen LogP contribution in [0.2, 0.25) is 0 Å². The highest BCUT2D eigenvalue weighted by Gasteiger charge is 2.35. The van der Waals surface area contributed by atoms with E-state index in [0.717, 1.165) is 17.2 Å². The van der Waals surface area contributed by atoms with E-state index in [4.69, 9.17) is 23.3 Å². The number of fused-ring (bicyclic) bond motifs is 1. The number of halogens is 1. The van der Waals surface area contributed by atoms with Crippen LogP contribution in [-0.4, -0.2) is 43.7 Å². The highest BCUT2D eigenvalue weighted by atomic mass is 31.2. The van der Waals surface area contributed by atoms with Gasteiger partial charge in [0.25, 0.3) is 5.91 Å². The molecule has 1 unspecified atom stereocenters. The number of aliphatic hydroxyl groups excluding tert-OH is 1. The third-order valence-electron chi connectivity index (χ3n) is 4.84. The van der Waals surface area contributed by atoms with E-state index in [9.17, 15) is 14.5 Å². The van der Waals surface area contributed by atoms with Gasteiger partial charge in [-0.1, -0.05) is 24.3 Å². The normalized spacial score (nSPS) is 12.6. The van der Waals surface area contributed by atoms with Crippen LogP contribution in [0.3, 0.4) is 0 Å². The van der Waals surface area contributed by atoms with Crippen molar-refractivity contribution in [1.29, 1.82) is 5.26 Å². The first kappa shape index (κ1) is 26.6. The number of furan rings is 1. The molecule has 1 amide bonds. The van der Waals surface area contributed by atoms with Crippen LogP contribution in [0.15, 0.2) is 60.1 Å². The standard InChI is InChI=1S/C23H20FN6O7P/c1-2-10-34-38(33,35-11-6-9-25)37-19-16(12-31)36-23(17(19)24)30-14-28-18-20(26-13-27-21(18)30)29-22(32)15-7-4-3-5-8-15/h2-5,7-8,13-14,31H,1,6,10-12H2,(H,26,27,29,32). The summed E-state index contributed by atoms with van der Waals surface area (Å²) in [6.07, 6.45) is 3.41. The number of rotatable bonds is 12. The molecule has 38 heavy (non-hydrogen) atoms. The van der Waals surface area contributed by atoms with Gasteiger partial charge in [-0.05, 0) is 12.1 Å². The lowest BCUT2D eigenvalue weighted by Crippen LogP contribution is -2.13. The maximum atomic E-state index is 15.5. The number of anilines is 1. The zero-order valence-corrected chi connectivity index (χ0v) is 20.5. The van der Waals surface area contributed by atoms with E-state index in [0.29, 0.717) is 5.56 Å². The fourth-order valence-electron chi connectivity index (χ4n) is 3.17. The minimum absolute atomic E-state index is 0.0448. The first-order chi connectivity index (χ1) is 18.4. The molecule has 196 valence electrons. The Balaban J connectivity index is 1.68. The molecule has 15 heteroatoms. The lowest BCUT2D eigenvalue weighted by atomic mass is 10.2. The highest BCUT2D eigenvalue weighted by molar-refractivity contribution is 7.48. The van der Waals surface area contributed by atoms with E-state index >= 15 is 4.39 Å². The van der Waals surface area contributed by atoms with Crippen LogP contribution in [0, 0.1) is 17.1 Å². The Morgan fingerprint density at radius 3 is 2.79 bits per heavy atom. The second-order valence-corrected chi connectivity index (χ2v) is 8.92. The molecule has 0 radical (unpaired) electrons. The van der Waals surface area contributed by atoms with Gasteiger partial charge in [-0.3, -0.25) is 13.8 Å². The number of phosphoric acid groups is 1. The van der Waals surface area contributed by atoms with Gasteiger partial charge in [0.15, 0.2) is 22.7 Å². The number of hydrogen-bond acceptors (Lipinski definition) is 11. The fourth-order valence-corrected chi connectivity index (χ4v) is 4.36. The van der Waals surface area contributed by atoms with Gasteiger partial charge in [0.05, 0.1) is 25.7 Å². The van der Waals surface area contributed by atoms with Crippen molar-refractivity contribution in [3.05, 3.63) is 72.8 Å². The number of nitrogens with zero attached hydrogens (tertiary/aromatic N) is 5. The van der Waals surface area contributed by atoms with Crippen molar-refractivity contribution >= 4 is 30.7 Å². The second kappa shape index (κ2) is 11.8. The van der Waals surface area contributed by atoms with Crippen LogP contribution >= 0.6 is 7.82 Å². The number of aromatic nitrogens is 4. The molecule has 0 aliphatic carbocycles. The van der Waals surface area contributed by atoms with Crippen molar-refractivity contribution in [2.75, 3.05) is 18.5 Å². The minimum Gasteiger partial charge on any atom is -0.435 e. The summed E-state index contributed by atoms with van der Waals surface area (Å²) < 4.78 is 50.4. The number of carbonyl (C=O) groups excluding carboxylic acids is 1. The van der Waals surface area contributed by atoms with Gasteiger partial charge in [0.2, 0.25) is 17.5 Å². The zero-order valence-electron chi connectivity index (χ0n) is 19.6. The van der Waals surface area contributed by atoms with Crippen LogP contribution in [-0.2, 0) is 20.2 Å². The molecule has 1 aromatic carbocycles. The van der Waals surface area contributed by atoms with Crippen molar-refractivity contribution in [2.24, 2.45) is 0 Å². The molecule has 0 bridgehead atoms. The smallest absolute Gasteiger partial charge is 0.435 e. The number of hydrogen-bond donors (Lipinski definition) is 2. The van der Waals surface area contributed by atoms with Gasteiger partial charge in [-0.2, -0.15) is 9.65 Å². The first-order valence-electron chi connectivity index (χ1n) is 10.9. The number of imidazole rings is 1. The minimum atomic E-state index is -4.45. The maximum absolute atomic E-state index is 15.5. The molecule has 2 N–H and O–H groups in total. The Kier molecular flexibility index (Phi) is 8.25. The molecule has 0 aliphatic heterocycles. The Labute approximate surface area is 214 Å². The first-order valence-corrected chi connectivity index (χ1v) is 12.4. The predicted molar refractivity (Wildman–Crippen MR) is 130 cm³/mol. The number of amides is 1. The predicted octanol–water partition coefficient (Wildman–Crippen LogP) is 3.91. The lowest BCUT2D eigenvalue weighted by molar-refractivity contribution is 0.102. The van der Waals surface area contributed by atoms with Crippen molar-refractivity contribution < 1.29 is 36.8 Å². The highest BCUT2D eigenvalue weighted by Crippen LogP contribution is 2.52. The number of carbonyl (C=O) groups is 1. The summed E-state index contributed by atoms with van der Waals surface area (Å²) in [6.45, 7) is 2.00. The second-order valence-electron chi connectivity index (χ2n) is 7.33. The van der Waals surface area contributed by atoms with Crippen molar-refractivity contribution in [3.63, 3.8) is 0 Å². The molecular weight excluding hydrogens is 522 g/mol. The summed E-state index contributed by atoms with van der Waals surface area (Å²) in [5, 5.41) is 21.1. The van der Waals surface area contributed by atoms with E-state index in [-0.39, 0.29) is 36.6 Å². The van der Waals surface area contributed by atoms with Gasteiger partial charge in [-0.15, -0.1) is 6.58 Å². The van der Waals surface area contributed by atoms with E-state index in [1.54, 1.807) is 36.4 Å². The van der Waals surface area contributed by atoms with E-state index < -0.39 is 43.5 Å². The Morgan fingerprint density at radius 1 is 1.29 bits per heavy atom. The molecule has 1 atom stereocenters. The quantitative estimate of drug-likeness (QED) is 0.151. The molecule has 0 spiro atoms. The summed E-state index contributed by atoms with van der Waals surface area (Å²) >= 11 is 0. The SMILES string of the molecule is C=CCOP(=O)(OCCC#N)Oc1c(CO)oc(-n2cnc3c(NC(=O)c4ccccc4)ncnc32)c1F. The Morgan fingerprint density at radius 2 is 2.08 bits per heavy atom. The molecule has 4 rings (SSSR count). The largest absolute Gasteiger partial charge is 0.530 e. The van der Waals surface area contributed by atoms with Crippen molar-refractivity contribution in [1.82, 2.24) is 19.5 Å². The summed E-state index contributed by atoms with van der Waals surface area (Å²) in [4.78, 5) is 24.9. The average molecular weight is 542 g/mol. The Hall–Kier alpha value is -4.41. The molecular formula is C23H20FN6O7P. The van der Waals surface area contributed by atoms with Crippen LogP contribution < -0.4 is 9.84 Å². The van der Waals surface area contributed by atoms with Crippen LogP contribution in [0.4, 0.5) is 10.2 Å². The number of benzene rings is 1. The number of nitriles is 1.